The molecule has 0 aromatic carbocycles. The zero-order chi connectivity index (χ0) is 10.1. The van der Waals surface area contributed by atoms with Crippen LogP contribution >= 0.6 is 0 Å². The third kappa shape index (κ3) is 7.64. The molecule has 0 saturated carbocycles. The van der Waals surface area contributed by atoms with Crippen LogP contribution in [0, 0.1) is 0 Å². The van der Waals surface area contributed by atoms with Gasteiger partial charge in [0, 0.05) is 0 Å². The van der Waals surface area contributed by atoms with Gasteiger partial charge in [0.25, 0.3) is 0 Å². The first-order valence-electron chi connectivity index (χ1n) is 4.09. The Morgan fingerprint density at radius 3 is 1.77 bits per heavy atom. The van der Waals surface area contributed by atoms with Crippen molar-refractivity contribution in [1.29, 1.82) is 0 Å². The van der Waals surface area contributed by atoms with Gasteiger partial charge in [0.2, 0.25) is 0 Å². The first-order chi connectivity index (χ1) is 6.20. The molecule has 7 heteroatoms. The molecule has 0 aliphatic heterocycles. The van der Waals surface area contributed by atoms with E-state index in [9.17, 15) is 9.41 Å². The monoisotopic (exact) mass is 185 g/mol. The SMILES string of the molecule is CC(CNCC(C)OB=O)OB=O. The molecule has 0 saturated heterocycles. The summed E-state index contributed by atoms with van der Waals surface area (Å²) < 4.78 is 29.0. The second-order valence-electron chi connectivity index (χ2n) is 2.74. The molecule has 0 radical (unpaired) electrons. The Morgan fingerprint density at radius 1 is 1.08 bits per heavy atom. The van der Waals surface area contributed by atoms with E-state index in [-0.39, 0.29) is 12.2 Å². The fourth-order valence-corrected chi connectivity index (χ4v) is 0.776. The Balaban J connectivity index is 3.32. The van der Waals surface area contributed by atoms with Gasteiger partial charge in [0.05, 0.1) is 0 Å². The van der Waals surface area contributed by atoms with Crippen LogP contribution in [0.3, 0.4) is 0 Å². The van der Waals surface area contributed by atoms with E-state index in [2.05, 4.69) is 14.6 Å². The van der Waals surface area contributed by atoms with E-state index in [1.807, 2.05) is 0 Å². The van der Waals surface area contributed by atoms with Gasteiger partial charge >= 0.3 is 77.9 Å². The average molecular weight is 185 g/mol. The summed E-state index contributed by atoms with van der Waals surface area (Å²) in [6.07, 6.45) is -0.332. The maximum absolute atomic E-state index is 9.89. The van der Waals surface area contributed by atoms with E-state index < -0.39 is 0 Å². The second kappa shape index (κ2) is 7.91. The van der Waals surface area contributed by atoms with Crippen LogP contribution in [0.2, 0.25) is 0 Å². The molecule has 0 aromatic heterocycles. The van der Waals surface area contributed by atoms with Gasteiger partial charge < -0.3 is 0 Å². The molecule has 2 atom stereocenters. The summed E-state index contributed by atoms with van der Waals surface area (Å²) >= 11 is 0. The molecule has 5 nitrogen and oxygen atoms in total. The molecule has 0 heterocycles. The predicted molar refractivity (Wildman–Crippen MR) is 46.8 cm³/mol. The Labute approximate surface area is 78.7 Å². The number of hydrogen-bond donors (Lipinski definition) is 1. The molecule has 0 amide bonds. The van der Waals surface area contributed by atoms with Crippen molar-refractivity contribution in [3.05, 3.63) is 0 Å². The van der Waals surface area contributed by atoms with Crippen LogP contribution < -0.4 is 5.32 Å². The quantitative estimate of drug-likeness (QED) is 0.507. The van der Waals surface area contributed by atoms with E-state index >= 15 is 0 Å². The van der Waals surface area contributed by atoms with Crippen LogP contribution in [0.15, 0.2) is 0 Å². The zero-order valence-electron chi connectivity index (χ0n) is 7.86. The fraction of sp³-hybridized carbons (Fsp3) is 1.00. The molecule has 0 aromatic rings. The van der Waals surface area contributed by atoms with E-state index in [1.54, 1.807) is 13.8 Å². The molecule has 0 aliphatic carbocycles. The molecular weight excluding hydrogens is 172 g/mol. The van der Waals surface area contributed by atoms with Crippen LogP contribution in [-0.4, -0.2) is 40.0 Å². The van der Waals surface area contributed by atoms with Gasteiger partial charge in [-0.3, -0.25) is 0 Å². The summed E-state index contributed by atoms with van der Waals surface area (Å²) in [6.45, 7) is 4.63. The van der Waals surface area contributed by atoms with Gasteiger partial charge in [-0.05, 0) is 0 Å². The molecule has 0 spiro atoms. The summed E-state index contributed by atoms with van der Waals surface area (Å²) in [5, 5.41) is 2.99. The Hall–Kier alpha value is -0.710. The van der Waals surface area contributed by atoms with Crippen LogP contribution in [0.25, 0.3) is 0 Å². The minimum absolute atomic E-state index is 0.166. The van der Waals surface area contributed by atoms with Crippen molar-refractivity contribution < 1.29 is 18.7 Å². The molecule has 2 unspecified atom stereocenters. The molecular formula is C6H13B2NO4. The van der Waals surface area contributed by atoms with Gasteiger partial charge in [0.15, 0.2) is 0 Å². The number of rotatable bonds is 8. The normalized spacial score (nSPS) is 13.7. The number of nitrogens with one attached hydrogen (secondary N) is 1. The van der Waals surface area contributed by atoms with E-state index in [1.165, 1.54) is 0 Å². The molecule has 0 bridgehead atoms. The van der Waals surface area contributed by atoms with Gasteiger partial charge in [-0.2, -0.15) is 0 Å². The summed E-state index contributed by atoms with van der Waals surface area (Å²) in [5.74, 6) is 0. The van der Waals surface area contributed by atoms with Crippen LogP contribution in [0.4, 0.5) is 0 Å². The van der Waals surface area contributed by atoms with Crippen LogP contribution in [0.1, 0.15) is 13.8 Å². The summed E-state index contributed by atoms with van der Waals surface area (Å²) in [5.41, 5.74) is 0. The third-order valence-corrected chi connectivity index (χ3v) is 1.44. The topological polar surface area (TPSA) is 64.6 Å². The van der Waals surface area contributed by atoms with Gasteiger partial charge in [-0.25, -0.2) is 0 Å². The first kappa shape index (κ1) is 12.3. The minimum atomic E-state index is -0.166. The van der Waals surface area contributed by atoms with Crippen LogP contribution in [0.5, 0.6) is 0 Å². The molecule has 0 rings (SSSR count). The van der Waals surface area contributed by atoms with E-state index in [0.29, 0.717) is 27.8 Å². The van der Waals surface area contributed by atoms with Crippen molar-refractivity contribution in [1.82, 2.24) is 5.32 Å². The van der Waals surface area contributed by atoms with Gasteiger partial charge in [-0.15, -0.1) is 0 Å². The van der Waals surface area contributed by atoms with Gasteiger partial charge in [-0.1, -0.05) is 0 Å². The standard InChI is InChI=1S/C6H13B2NO4/c1-5(12-7-10)3-9-4-6(2)13-8-11/h5-6,9H,3-4H2,1-2H3. The van der Waals surface area contributed by atoms with Crippen molar-refractivity contribution >= 4 is 14.7 Å². The fourth-order valence-electron chi connectivity index (χ4n) is 0.776. The summed E-state index contributed by atoms with van der Waals surface area (Å²) in [7, 11) is 0.829. The first-order valence-corrected chi connectivity index (χ1v) is 4.09. The van der Waals surface area contributed by atoms with E-state index in [0.717, 1.165) is 0 Å². The number of hydrogen-bond acceptors (Lipinski definition) is 5. The zero-order valence-corrected chi connectivity index (χ0v) is 7.86. The maximum atomic E-state index is 9.89. The third-order valence-electron chi connectivity index (χ3n) is 1.44. The molecule has 1 N–H and O–H groups in total. The van der Waals surface area contributed by atoms with E-state index in [4.69, 9.17) is 0 Å². The summed E-state index contributed by atoms with van der Waals surface area (Å²) in [6, 6.07) is 0. The Bertz CT molecular complexity index is 142. The van der Waals surface area contributed by atoms with Crippen molar-refractivity contribution in [3.8, 4) is 0 Å². The average Bonchev–Trinajstić information content (AvgIpc) is 2.05. The Morgan fingerprint density at radius 2 is 1.46 bits per heavy atom. The van der Waals surface area contributed by atoms with Crippen molar-refractivity contribution in [2.24, 2.45) is 0 Å². The Kier molecular flexibility index (Phi) is 7.48. The van der Waals surface area contributed by atoms with Gasteiger partial charge in [0.1, 0.15) is 0 Å². The van der Waals surface area contributed by atoms with Crippen molar-refractivity contribution in [3.63, 3.8) is 0 Å². The molecule has 13 heavy (non-hydrogen) atoms. The molecule has 72 valence electrons. The van der Waals surface area contributed by atoms with Crippen molar-refractivity contribution in [2.45, 2.75) is 26.1 Å². The molecule has 0 fully saturated rings. The molecule has 0 aliphatic rings. The predicted octanol–water partition coefficient (Wildman–Crippen LogP) is -0.684. The second-order valence-corrected chi connectivity index (χ2v) is 2.74. The van der Waals surface area contributed by atoms with Crippen molar-refractivity contribution in [2.75, 3.05) is 13.1 Å². The summed E-state index contributed by atoms with van der Waals surface area (Å²) in [4.78, 5) is 0. The van der Waals surface area contributed by atoms with Crippen LogP contribution in [-0.2, 0) is 18.7 Å².